The Morgan fingerprint density at radius 1 is 0.930 bits per heavy atom. The van der Waals surface area contributed by atoms with Crippen molar-refractivity contribution in [3.05, 3.63) is 64.2 Å². The zero-order chi connectivity index (χ0) is 32.7. The van der Waals surface area contributed by atoms with Gasteiger partial charge < -0.3 is 32.3 Å². The van der Waals surface area contributed by atoms with Crippen LogP contribution in [-0.4, -0.2) is 48.4 Å². The minimum Gasteiger partial charge on any atom is -0.368 e. The summed E-state index contributed by atoms with van der Waals surface area (Å²) >= 11 is 0. The Morgan fingerprint density at radius 2 is 1.58 bits per heavy atom. The van der Waals surface area contributed by atoms with Gasteiger partial charge in [0.05, 0.1) is 23.4 Å². The second-order valence-electron chi connectivity index (χ2n) is 11.8. The first-order valence-corrected chi connectivity index (χ1v) is 13.7. The van der Waals surface area contributed by atoms with E-state index in [4.69, 9.17) is 5.73 Å². The zero-order valence-corrected chi connectivity index (χ0v) is 25.5. The normalized spacial score (nSPS) is 13.2. The molecule has 0 spiro atoms. The maximum absolute atomic E-state index is 13.4. The fourth-order valence-electron chi connectivity index (χ4n) is 4.43. The number of hydrogen-bond donors (Lipinski definition) is 6. The zero-order valence-electron chi connectivity index (χ0n) is 25.5. The van der Waals surface area contributed by atoms with Gasteiger partial charge in [-0.1, -0.05) is 44.5 Å². The molecule has 0 saturated carbocycles. The number of aryl methyl sites for hydroxylation is 2. The third-order valence-corrected chi connectivity index (χ3v) is 6.57. The van der Waals surface area contributed by atoms with Crippen molar-refractivity contribution in [3.8, 4) is 0 Å². The third kappa shape index (κ3) is 10.6. The fourth-order valence-corrected chi connectivity index (χ4v) is 4.43. The number of carbonyl (C=O) groups is 4. The van der Waals surface area contributed by atoms with Crippen molar-refractivity contribution in [2.24, 2.45) is 11.1 Å². The highest BCUT2D eigenvalue weighted by molar-refractivity contribution is 6.04. The van der Waals surface area contributed by atoms with Gasteiger partial charge in [-0.25, -0.2) is 4.79 Å². The number of anilines is 1. The van der Waals surface area contributed by atoms with Crippen molar-refractivity contribution in [2.45, 2.75) is 79.3 Å². The number of amides is 5. The number of primary amides is 1. The Hall–Kier alpha value is -4.13. The summed E-state index contributed by atoms with van der Waals surface area (Å²) in [5, 5.41) is 13.0. The molecule has 0 fully saturated rings. The van der Waals surface area contributed by atoms with Crippen LogP contribution in [0.1, 0.15) is 67.2 Å². The largest absolute Gasteiger partial charge is 0.416 e. The SMILES string of the molecule is Cc1ccc(CNC(C(NC(=O)CNC(=O)c2cc(C(F)(F)F)ccc2NC(=O)NC(C)C)C(N)=O)C(C)(C)C)c(C)c1. The summed E-state index contributed by atoms with van der Waals surface area (Å²) in [5.41, 5.74) is 6.45. The summed E-state index contributed by atoms with van der Waals surface area (Å²) in [7, 11) is 0. The Bertz CT molecular complexity index is 1340. The standard InChI is InChI=1S/C30H41F3N6O4/c1-16(2)37-28(43)38-22-11-10-20(30(31,32)33)13-21(22)27(42)36-15-23(40)39-24(26(34)41)25(29(5,6)7)35-14-19-9-8-17(3)12-18(19)4/h8-13,16,24-25,35H,14-15H2,1-7H3,(H2,34,41)(H,36,42)(H,39,40)(H2,37,38,43). The Labute approximate surface area is 249 Å². The van der Waals surface area contributed by atoms with Crippen molar-refractivity contribution < 1.29 is 32.3 Å². The molecule has 0 saturated heterocycles. The van der Waals surface area contributed by atoms with E-state index in [2.05, 4.69) is 26.6 Å². The molecule has 43 heavy (non-hydrogen) atoms. The number of rotatable bonds is 11. The Balaban J connectivity index is 2.21. The number of alkyl halides is 3. The van der Waals surface area contributed by atoms with Gasteiger partial charge in [0.2, 0.25) is 11.8 Å². The highest BCUT2D eigenvalue weighted by Gasteiger charge is 2.37. The van der Waals surface area contributed by atoms with E-state index in [1.54, 1.807) is 13.8 Å². The molecular weight excluding hydrogens is 565 g/mol. The van der Waals surface area contributed by atoms with Gasteiger partial charge in [0.15, 0.2) is 0 Å². The summed E-state index contributed by atoms with van der Waals surface area (Å²) in [5.74, 6) is -2.65. The molecule has 236 valence electrons. The number of hydrogen-bond acceptors (Lipinski definition) is 5. The molecule has 2 aromatic carbocycles. The van der Waals surface area contributed by atoms with Crippen molar-refractivity contribution in [1.29, 1.82) is 0 Å². The topological polar surface area (TPSA) is 154 Å². The van der Waals surface area contributed by atoms with E-state index in [1.807, 2.05) is 52.8 Å². The molecule has 10 nitrogen and oxygen atoms in total. The first-order valence-electron chi connectivity index (χ1n) is 13.7. The molecule has 0 aliphatic carbocycles. The molecular formula is C30H41F3N6O4. The molecule has 13 heteroatoms. The predicted molar refractivity (Wildman–Crippen MR) is 158 cm³/mol. The van der Waals surface area contributed by atoms with Crippen LogP contribution in [0.4, 0.5) is 23.7 Å². The molecule has 0 aromatic heterocycles. The molecule has 2 atom stereocenters. The van der Waals surface area contributed by atoms with Crippen LogP contribution in [0.3, 0.4) is 0 Å². The van der Waals surface area contributed by atoms with Gasteiger partial charge in [-0.05, 0) is 62.4 Å². The van der Waals surface area contributed by atoms with Crippen LogP contribution in [0.2, 0.25) is 0 Å². The Morgan fingerprint density at radius 3 is 2.12 bits per heavy atom. The molecule has 2 rings (SSSR count). The van der Waals surface area contributed by atoms with Gasteiger partial charge in [-0.2, -0.15) is 13.2 Å². The number of nitrogens with two attached hydrogens (primary N) is 1. The minimum absolute atomic E-state index is 0.192. The molecule has 0 aliphatic rings. The van der Waals surface area contributed by atoms with E-state index in [0.29, 0.717) is 12.6 Å². The fraction of sp³-hybridized carbons (Fsp3) is 0.467. The van der Waals surface area contributed by atoms with Gasteiger partial charge in [0, 0.05) is 18.6 Å². The van der Waals surface area contributed by atoms with Crippen LogP contribution >= 0.6 is 0 Å². The van der Waals surface area contributed by atoms with Crippen LogP contribution in [-0.2, 0) is 22.3 Å². The highest BCUT2D eigenvalue weighted by Crippen LogP contribution is 2.32. The van der Waals surface area contributed by atoms with Gasteiger partial charge in [-0.15, -0.1) is 0 Å². The monoisotopic (exact) mass is 606 g/mol. The molecule has 0 heterocycles. The maximum atomic E-state index is 13.4. The quantitative estimate of drug-likeness (QED) is 0.230. The lowest BCUT2D eigenvalue weighted by molar-refractivity contribution is -0.137. The Kier molecular flexibility index (Phi) is 11.7. The number of halogens is 3. The number of nitrogens with one attached hydrogen (secondary N) is 5. The first kappa shape index (κ1) is 35.1. The van der Waals surface area contributed by atoms with Crippen LogP contribution < -0.4 is 32.3 Å². The smallest absolute Gasteiger partial charge is 0.368 e. The lowest BCUT2D eigenvalue weighted by Gasteiger charge is -2.37. The average Bonchev–Trinajstić information content (AvgIpc) is 2.86. The van der Waals surface area contributed by atoms with Crippen molar-refractivity contribution in [1.82, 2.24) is 21.3 Å². The van der Waals surface area contributed by atoms with Gasteiger partial charge >= 0.3 is 12.2 Å². The second-order valence-corrected chi connectivity index (χ2v) is 11.8. The van der Waals surface area contributed by atoms with Crippen molar-refractivity contribution in [2.75, 3.05) is 11.9 Å². The third-order valence-electron chi connectivity index (χ3n) is 6.57. The maximum Gasteiger partial charge on any atom is 0.416 e. The lowest BCUT2D eigenvalue weighted by Crippen LogP contribution is -2.61. The molecule has 5 amide bonds. The predicted octanol–water partition coefficient (Wildman–Crippen LogP) is 3.76. The number of urea groups is 1. The van der Waals surface area contributed by atoms with Crippen LogP contribution in [0.15, 0.2) is 36.4 Å². The summed E-state index contributed by atoms with van der Waals surface area (Å²) < 4.78 is 40.1. The first-order chi connectivity index (χ1) is 19.8. The molecule has 2 unspecified atom stereocenters. The molecule has 2 aromatic rings. The minimum atomic E-state index is -4.76. The molecule has 0 radical (unpaired) electrons. The number of benzene rings is 2. The van der Waals surface area contributed by atoms with E-state index >= 15 is 0 Å². The van der Waals surface area contributed by atoms with E-state index in [9.17, 15) is 32.3 Å². The van der Waals surface area contributed by atoms with Crippen molar-refractivity contribution >= 4 is 29.4 Å². The second kappa shape index (κ2) is 14.4. The molecule has 7 N–H and O–H groups in total. The van der Waals surface area contributed by atoms with Gasteiger partial charge in [0.1, 0.15) is 6.04 Å². The van der Waals surface area contributed by atoms with Gasteiger partial charge in [0.25, 0.3) is 5.91 Å². The van der Waals surface area contributed by atoms with Crippen LogP contribution in [0.5, 0.6) is 0 Å². The molecule has 0 aliphatic heterocycles. The average molecular weight is 607 g/mol. The lowest BCUT2D eigenvalue weighted by atomic mass is 9.81. The van der Waals surface area contributed by atoms with E-state index in [-0.39, 0.29) is 11.7 Å². The van der Waals surface area contributed by atoms with Crippen LogP contribution in [0, 0.1) is 19.3 Å². The highest BCUT2D eigenvalue weighted by atomic mass is 19.4. The van der Waals surface area contributed by atoms with E-state index in [1.165, 1.54) is 0 Å². The summed E-state index contributed by atoms with van der Waals surface area (Å²) in [6, 6.07) is 5.42. The summed E-state index contributed by atoms with van der Waals surface area (Å²) in [6.07, 6.45) is -4.76. The molecule has 0 bridgehead atoms. The van der Waals surface area contributed by atoms with Crippen molar-refractivity contribution in [3.63, 3.8) is 0 Å². The van der Waals surface area contributed by atoms with Crippen LogP contribution in [0.25, 0.3) is 0 Å². The summed E-state index contributed by atoms with van der Waals surface area (Å²) in [6.45, 7) is 12.6. The van der Waals surface area contributed by atoms with Gasteiger partial charge in [-0.3, -0.25) is 14.4 Å². The van der Waals surface area contributed by atoms with E-state index < -0.39 is 65.1 Å². The number of carbonyl (C=O) groups excluding carboxylic acids is 4. The van der Waals surface area contributed by atoms with E-state index in [0.717, 1.165) is 28.8 Å². The summed E-state index contributed by atoms with van der Waals surface area (Å²) in [4.78, 5) is 50.5.